The zero-order chi connectivity index (χ0) is 13.6. The molecule has 0 saturated carbocycles. The number of hydrogen-bond acceptors (Lipinski definition) is 4. The van der Waals surface area contributed by atoms with Crippen molar-refractivity contribution in [2.45, 2.75) is 25.4 Å². The first kappa shape index (κ1) is 11.7. The molecule has 2 aliphatic rings. The van der Waals surface area contributed by atoms with Crippen LogP contribution in [0.5, 0.6) is 5.75 Å². The van der Waals surface area contributed by atoms with E-state index in [1.165, 1.54) is 17.0 Å². The quantitative estimate of drug-likeness (QED) is 0.717. The number of rotatable bonds is 1. The summed E-state index contributed by atoms with van der Waals surface area (Å²) in [5.41, 5.74) is 1.21. The first-order valence-corrected chi connectivity index (χ1v) is 6.03. The summed E-state index contributed by atoms with van der Waals surface area (Å²) < 4.78 is 0. The van der Waals surface area contributed by atoms with E-state index in [4.69, 9.17) is 0 Å². The molecule has 0 aliphatic carbocycles. The SMILES string of the molecule is O=C1CCC(N2Cc3ccc(O)cc3C2=O)C(=O)N1.[HH]. The van der Waals surface area contributed by atoms with E-state index >= 15 is 0 Å². The fraction of sp³-hybridized carbons (Fsp3) is 0.308. The van der Waals surface area contributed by atoms with Crippen molar-refractivity contribution >= 4 is 17.7 Å². The second-order valence-corrected chi connectivity index (χ2v) is 4.74. The molecule has 3 rings (SSSR count). The van der Waals surface area contributed by atoms with Gasteiger partial charge in [-0.3, -0.25) is 19.7 Å². The number of aromatic hydroxyl groups is 1. The lowest BCUT2D eigenvalue weighted by atomic mass is 10.0. The van der Waals surface area contributed by atoms with Crippen molar-refractivity contribution in [1.82, 2.24) is 10.2 Å². The molecular weight excluding hydrogens is 248 g/mol. The Morgan fingerprint density at radius 1 is 1.32 bits per heavy atom. The normalized spacial score (nSPS) is 22.4. The number of amides is 3. The van der Waals surface area contributed by atoms with Gasteiger partial charge in [0, 0.05) is 20.0 Å². The van der Waals surface area contributed by atoms with Crippen molar-refractivity contribution < 1.29 is 20.9 Å². The molecule has 100 valence electrons. The van der Waals surface area contributed by atoms with Crippen LogP contribution in [0.15, 0.2) is 18.2 Å². The van der Waals surface area contributed by atoms with Crippen LogP contribution in [0, 0.1) is 0 Å². The number of piperidine rings is 1. The Bertz CT molecular complexity index is 602. The van der Waals surface area contributed by atoms with E-state index in [9.17, 15) is 19.5 Å². The van der Waals surface area contributed by atoms with Crippen molar-refractivity contribution in [2.24, 2.45) is 0 Å². The summed E-state index contributed by atoms with van der Waals surface area (Å²) in [5, 5.41) is 11.6. The van der Waals surface area contributed by atoms with Gasteiger partial charge in [-0.25, -0.2) is 0 Å². The minimum Gasteiger partial charge on any atom is -0.508 e. The maximum absolute atomic E-state index is 12.2. The fourth-order valence-electron chi connectivity index (χ4n) is 2.54. The van der Waals surface area contributed by atoms with Gasteiger partial charge in [0.15, 0.2) is 0 Å². The molecule has 1 saturated heterocycles. The Hall–Kier alpha value is -2.37. The van der Waals surface area contributed by atoms with E-state index < -0.39 is 11.9 Å². The number of nitrogens with one attached hydrogen (secondary N) is 1. The Kier molecular flexibility index (Phi) is 2.51. The Labute approximate surface area is 110 Å². The molecule has 1 unspecified atom stereocenters. The minimum atomic E-state index is -0.611. The van der Waals surface area contributed by atoms with Crippen LogP contribution in [0.3, 0.4) is 0 Å². The van der Waals surface area contributed by atoms with Gasteiger partial charge in [0.25, 0.3) is 5.91 Å². The third kappa shape index (κ3) is 1.85. The van der Waals surface area contributed by atoms with E-state index in [2.05, 4.69) is 5.32 Å². The van der Waals surface area contributed by atoms with Gasteiger partial charge in [0.1, 0.15) is 11.8 Å². The van der Waals surface area contributed by atoms with Gasteiger partial charge >= 0.3 is 0 Å². The van der Waals surface area contributed by atoms with Crippen LogP contribution in [-0.2, 0) is 16.1 Å². The van der Waals surface area contributed by atoms with Crippen LogP contribution in [0.4, 0.5) is 0 Å². The Balaban J connectivity index is 0.00000147. The monoisotopic (exact) mass is 262 g/mol. The van der Waals surface area contributed by atoms with Crippen LogP contribution in [-0.4, -0.2) is 33.8 Å². The molecule has 0 aromatic heterocycles. The molecule has 19 heavy (non-hydrogen) atoms. The van der Waals surface area contributed by atoms with Crippen LogP contribution in [0.2, 0.25) is 0 Å². The second kappa shape index (κ2) is 4.08. The molecule has 6 heteroatoms. The van der Waals surface area contributed by atoms with E-state index in [-0.39, 0.29) is 25.4 Å². The predicted octanol–water partition coefficient (Wildman–Crippen LogP) is 0.399. The lowest BCUT2D eigenvalue weighted by Gasteiger charge is -2.29. The summed E-state index contributed by atoms with van der Waals surface area (Å²) in [6.07, 6.45) is 0.582. The standard InChI is InChI=1S/C13H12N2O4.H2/c16-8-2-1-7-6-15(13(19)9(7)5-8)10-3-4-11(17)14-12(10)18;/h1-2,5,10,16H,3-4,6H2,(H,14,17,18);1H. The van der Waals surface area contributed by atoms with Crippen LogP contribution in [0.25, 0.3) is 0 Å². The van der Waals surface area contributed by atoms with Gasteiger partial charge in [-0.15, -0.1) is 0 Å². The van der Waals surface area contributed by atoms with Crippen molar-refractivity contribution in [3.05, 3.63) is 29.3 Å². The molecule has 3 amide bonds. The maximum Gasteiger partial charge on any atom is 0.255 e. The zero-order valence-electron chi connectivity index (χ0n) is 10.0. The smallest absolute Gasteiger partial charge is 0.255 e. The van der Waals surface area contributed by atoms with Crippen molar-refractivity contribution in [2.75, 3.05) is 0 Å². The summed E-state index contributed by atoms with van der Waals surface area (Å²) in [6.45, 7) is 0.334. The highest BCUT2D eigenvalue weighted by Crippen LogP contribution is 2.29. The fourth-order valence-corrected chi connectivity index (χ4v) is 2.54. The number of carbonyl (C=O) groups excluding carboxylic acids is 3. The number of fused-ring (bicyclic) bond motifs is 1. The maximum atomic E-state index is 12.2. The highest BCUT2D eigenvalue weighted by atomic mass is 16.3. The lowest BCUT2D eigenvalue weighted by Crippen LogP contribution is -2.52. The second-order valence-electron chi connectivity index (χ2n) is 4.74. The Morgan fingerprint density at radius 3 is 2.84 bits per heavy atom. The van der Waals surface area contributed by atoms with Crippen LogP contribution in [0.1, 0.15) is 30.2 Å². The molecule has 0 spiro atoms. The average Bonchev–Trinajstić information content (AvgIpc) is 2.67. The highest BCUT2D eigenvalue weighted by Gasteiger charge is 2.39. The van der Waals surface area contributed by atoms with Gasteiger partial charge < -0.3 is 10.0 Å². The molecule has 1 atom stereocenters. The lowest BCUT2D eigenvalue weighted by molar-refractivity contribution is -0.136. The number of benzene rings is 1. The highest BCUT2D eigenvalue weighted by molar-refractivity contribution is 6.05. The van der Waals surface area contributed by atoms with Crippen molar-refractivity contribution in [3.63, 3.8) is 0 Å². The number of nitrogens with zero attached hydrogens (tertiary/aromatic N) is 1. The molecule has 6 nitrogen and oxygen atoms in total. The number of phenolic OH excluding ortho intramolecular Hbond substituents is 1. The molecule has 0 radical (unpaired) electrons. The number of imide groups is 1. The van der Waals surface area contributed by atoms with Crippen LogP contribution < -0.4 is 5.32 Å². The molecule has 2 aliphatic heterocycles. The largest absolute Gasteiger partial charge is 0.508 e. The number of phenols is 1. The van der Waals surface area contributed by atoms with Crippen molar-refractivity contribution in [1.29, 1.82) is 0 Å². The molecule has 1 aromatic carbocycles. The molecule has 1 aromatic rings. The van der Waals surface area contributed by atoms with Crippen molar-refractivity contribution in [3.8, 4) is 5.75 Å². The zero-order valence-corrected chi connectivity index (χ0v) is 10.0. The summed E-state index contributed by atoms with van der Waals surface area (Å²) in [7, 11) is 0. The van der Waals surface area contributed by atoms with Gasteiger partial charge in [0.2, 0.25) is 11.8 Å². The predicted molar refractivity (Wildman–Crippen MR) is 66.3 cm³/mol. The topological polar surface area (TPSA) is 86.7 Å². The van der Waals surface area contributed by atoms with Gasteiger partial charge in [-0.1, -0.05) is 6.07 Å². The van der Waals surface area contributed by atoms with E-state index in [0.717, 1.165) is 5.56 Å². The number of hydrogen-bond donors (Lipinski definition) is 2. The third-order valence-electron chi connectivity index (χ3n) is 3.51. The molecule has 0 bridgehead atoms. The van der Waals surface area contributed by atoms with E-state index in [1.807, 2.05) is 0 Å². The van der Waals surface area contributed by atoms with Gasteiger partial charge in [-0.2, -0.15) is 0 Å². The van der Waals surface area contributed by atoms with Gasteiger partial charge in [0.05, 0.1) is 0 Å². The van der Waals surface area contributed by atoms with E-state index in [0.29, 0.717) is 18.5 Å². The molecule has 2 heterocycles. The summed E-state index contributed by atoms with van der Waals surface area (Å²) >= 11 is 0. The molecule has 2 N–H and O–H groups in total. The first-order valence-electron chi connectivity index (χ1n) is 6.03. The summed E-state index contributed by atoms with van der Waals surface area (Å²) in [4.78, 5) is 36.6. The minimum absolute atomic E-state index is 0. The van der Waals surface area contributed by atoms with Crippen LogP contribution >= 0.6 is 0 Å². The van der Waals surface area contributed by atoms with E-state index in [1.54, 1.807) is 6.07 Å². The molecule has 1 fully saturated rings. The summed E-state index contributed by atoms with van der Waals surface area (Å²) in [5.74, 6) is -0.984. The Morgan fingerprint density at radius 2 is 2.11 bits per heavy atom. The summed E-state index contributed by atoms with van der Waals surface area (Å²) in [6, 6.07) is 3.98. The third-order valence-corrected chi connectivity index (χ3v) is 3.51. The van der Waals surface area contributed by atoms with Gasteiger partial charge in [-0.05, 0) is 24.1 Å². The number of carbonyl (C=O) groups is 3. The first-order chi connectivity index (χ1) is 9.06. The molecular formula is C13H14N2O4. The average molecular weight is 262 g/mol.